The third-order valence-corrected chi connectivity index (χ3v) is 9.25. The highest BCUT2D eigenvalue weighted by atomic mass is 16.3. The van der Waals surface area contributed by atoms with E-state index in [9.17, 15) is 9.90 Å². The molecule has 0 atom stereocenters. The number of nitrogens with one attached hydrogen (secondary N) is 3. The molecule has 3 aromatic heterocycles. The lowest BCUT2D eigenvalue weighted by atomic mass is 9.95. The summed E-state index contributed by atoms with van der Waals surface area (Å²) >= 11 is 0. The molecule has 0 spiro atoms. The Labute approximate surface area is 287 Å². The van der Waals surface area contributed by atoms with Gasteiger partial charge < -0.3 is 20.1 Å². The Kier molecular flexibility index (Phi) is 6.99. The van der Waals surface area contributed by atoms with Gasteiger partial charge in [0.2, 0.25) is 0 Å². The number of rotatable bonds is 3. The van der Waals surface area contributed by atoms with Gasteiger partial charge in [0.05, 0.1) is 11.4 Å². The van der Waals surface area contributed by atoms with Gasteiger partial charge in [-0.05, 0) is 77.4 Å². The van der Waals surface area contributed by atoms with Crippen LogP contribution in [-0.2, 0) is 4.79 Å². The van der Waals surface area contributed by atoms with E-state index in [1.54, 1.807) is 6.08 Å². The zero-order valence-electron chi connectivity index (χ0n) is 26.8. The summed E-state index contributed by atoms with van der Waals surface area (Å²) in [6, 6.07) is 43.5. The number of H-pyrrole nitrogens is 3. The molecule has 5 heterocycles. The van der Waals surface area contributed by atoms with Crippen molar-refractivity contribution in [1.29, 1.82) is 0 Å². The Hall–Kier alpha value is -6.92. The first-order chi connectivity index (χ1) is 24.6. The molecule has 3 aromatic carbocycles. The molecule has 0 radical (unpaired) electrons. The van der Waals surface area contributed by atoms with E-state index in [-0.39, 0.29) is 11.5 Å². The van der Waals surface area contributed by atoms with Gasteiger partial charge in [0.25, 0.3) is 0 Å². The molecule has 6 heteroatoms. The minimum Gasteiger partial charge on any atom is -0.507 e. The third kappa shape index (κ3) is 5.07. The summed E-state index contributed by atoms with van der Waals surface area (Å²) in [6.45, 7) is 0. The van der Waals surface area contributed by atoms with E-state index < -0.39 is 0 Å². The normalized spacial score (nSPS) is 20.6. The van der Waals surface area contributed by atoms with Crippen LogP contribution in [-0.4, -0.2) is 31.6 Å². The maximum Gasteiger partial charge on any atom is 0.182 e. The molecule has 6 aromatic rings. The quantitative estimate of drug-likeness (QED) is 0.163. The van der Waals surface area contributed by atoms with Crippen molar-refractivity contribution in [1.82, 2.24) is 15.0 Å². The van der Waals surface area contributed by atoms with E-state index in [0.717, 1.165) is 72.6 Å². The molecule has 2 aliphatic heterocycles. The maximum absolute atomic E-state index is 12.2. The lowest BCUT2D eigenvalue weighted by Gasteiger charge is -2.14. The number of hydrogen-bond acceptors (Lipinski definition) is 3. The molecular weight excluding hydrogens is 617 g/mol. The second-order valence-corrected chi connectivity index (χ2v) is 12.3. The van der Waals surface area contributed by atoms with E-state index in [1.807, 2.05) is 60.7 Å². The second-order valence-electron chi connectivity index (χ2n) is 12.3. The van der Waals surface area contributed by atoms with E-state index in [4.69, 9.17) is 4.99 Å². The number of ketones is 1. The minimum atomic E-state index is -0.264. The monoisotopic (exact) mass is 646 g/mol. The number of hydrogen-bond donors (Lipinski definition) is 4. The third-order valence-electron chi connectivity index (χ3n) is 9.25. The number of nitrogens with zero attached hydrogens (tertiary/aromatic N) is 1. The second kappa shape index (κ2) is 12.0. The summed E-state index contributed by atoms with van der Waals surface area (Å²) in [5.74, 6) is -0.367. The van der Waals surface area contributed by atoms with Crippen LogP contribution in [0.2, 0.25) is 0 Å². The highest BCUT2D eigenvalue weighted by Crippen LogP contribution is 2.36. The Bertz CT molecular complexity index is 2640. The van der Waals surface area contributed by atoms with Crippen molar-refractivity contribution in [2.75, 3.05) is 0 Å². The van der Waals surface area contributed by atoms with Gasteiger partial charge in [-0.1, -0.05) is 91.0 Å². The largest absolute Gasteiger partial charge is 0.507 e. The van der Waals surface area contributed by atoms with E-state index >= 15 is 0 Å². The molecule has 3 aliphatic rings. The number of carbonyl (C=O) groups excluding carboxylic acids is 1. The predicted molar refractivity (Wildman–Crippen MR) is 199 cm³/mol. The molecule has 8 bridgehead atoms. The Morgan fingerprint density at radius 2 is 0.940 bits per heavy atom. The van der Waals surface area contributed by atoms with Crippen molar-refractivity contribution in [3.8, 4) is 0 Å². The Morgan fingerprint density at radius 3 is 1.46 bits per heavy atom. The van der Waals surface area contributed by atoms with Gasteiger partial charge in [0, 0.05) is 67.4 Å². The lowest BCUT2D eigenvalue weighted by Crippen LogP contribution is -2.17. The summed E-state index contributed by atoms with van der Waals surface area (Å²) < 4.78 is 0. The van der Waals surface area contributed by atoms with Crippen LogP contribution in [0.1, 0.15) is 39.5 Å². The van der Waals surface area contributed by atoms with Crippen LogP contribution in [0, 0.1) is 0 Å². The van der Waals surface area contributed by atoms with Crippen molar-refractivity contribution >= 4 is 33.8 Å². The van der Waals surface area contributed by atoms with Crippen LogP contribution in [0.15, 0.2) is 180 Å². The van der Waals surface area contributed by atoms with Crippen molar-refractivity contribution in [2.45, 2.75) is 0 Å². The van der Waals surface area contributed by atoms with Gasteiger partial charge in [-0.2, -0.15) is 0 Å². The molecule has 4 N–H and O–H groups in total. The molecule has 1 aliphatic carbocycles. The maximum atomic E-state index is 12.2. The molecule has 0 amide bonds. The fourth-order valence-corrected chi connectivity index (χ4v) is 7.01. The first-order valence-corrected chi connectivity index (χ1v) is 16.5. The van der Waals surface area contributed by atoms with E-state index in [0.29, 0.717) is 16.9 Å². The number of carbonyl (C=O) groups is 1. The standard InChI is InChI=1S/C44H30N4O2/c49-30-16-17-31(40(50)26-30)44-38-24-22-36(47-38)42(28-12-6-2-7-13-28)34-20-18-32(45-34)41(27-10-4-1-5-11-27)33-19-21-35(46-33)43(29-14-8-3-9-15-29)37-23-25-39(44)48-37/h1-26,45-47,50H/b41-32-,42-34-,43-37-,44-31-. The number of aliphatic hydroxyl groups is 1. The predicted octanol–water partition coefficient (Wildman–Crippen LogP) is 7.28. The summed E-state index contributed by atoms with van der Waals surface area (Å²) in [6.07, 6.45) is 8.37. The molecule has 238 valence electrons. The summed E-state index contributed by atoms with van der Waals surface area (Å²) in [7, 11) is 0. The number of allylic oxidation sites excluding steroid dienone is 6. The summed E-state index contributed by atoms with van der Waals surface area (Å²) in [4.78, 5) is 28.7. The van der Waals surface area contributed by atoms with Gasteiger partial charge >= 0.3 is 0 Å². The van der Waals surface area contributed by atoms with Crippen molar-refractivity contribution < 1.29 is 9.90 Å². The van der Waals surface area contributed by atoms with Crippen LogP contribution in [0.3, 0.4) is 0 Å². The first-order valence-electron chi connectivity index (χ1n) is 16.5. The topological polar surface area (TPSA) is 97.0 Å². The molecule has 0 saturated heterocycles. The number of aromatic nitrogens is 3. The van der Waals surface area contributed by atoms with E-state index in [2.05, 4.69) is 93.8 Å². The molecule has 0 unspecified atom stereocenters. The zero-order chi connectivity index (χ0) is 33.6. The van der Waals surface area contributed by atoms with Gasteiger partial charge in [-0.25, -0.2) is 4.99 Å². The lowest BCUT2D eigenvalue weighted by molar-refractivity contribution is -0.110. The molecule has 9 rings (SSSR count). The fourth-order valence-electron chi connectivity index (χ4n) is 7.01. The number of benzene rings is 3. The van der Waals surface area contributed by atoms with Gasteiger partial charge in [0.15, 0.2) is 5.78 Å². The van der Waals surface area contributed by atoms with Crippen LogP contribution in [0.25, 0.3) is 22.3 Å². The molecule has 0 saturated carbocycles. The van der Waals surface area contributed by atoms with Crippen LogP contribution < -0.4 is 10.7 Å². The van der Waals surface area contributed by atoms with Crippen LogP contribution in [0.4, 0.5) is 0 Å². The van der Waals surface area contributed by atoms with Gasteiger partial charge in [-0.15, -0.1) is 0 Å². The number of aliphatic hydroxyl groups excluding tert-OH is 1. The Morgan fingerprint density at radius 1 is 0.460 bits per heavy atom. The highest BCUT2D eigenvalue weighted by Gasteiger charge is 2.25. The first kappa shape index (κ1) is 29.2. The zero-order valence-corrected chi connectivity index (χ0v) is 26.8. The van der Waals surface area contributed by atoms with E-state index in [1.165, 1.54) is 12.2 Å². The number of fused-ring (bicyclic) bond motifs is 7. The highest BCUT2D eigenvalue weighted by molar-refractivity contribution is 6.32. The van der Waals surface area contributed by atoms with Gasteiger partial charge in [0.1, 0.15) is 5.76 Å². The smallest absolute Gasteiger partial charge is 0.182 e. The number of aromatic amines is 3. The van der Waals surface area contributed by atoms with Gasteiger partial charge in [-0.3, -0.25) is 4.79 Å². The summed E-state index contributed by atoms with van der Waals surface area (Å²) in [5, 5.41) is 13.1. The summed E-state index contributed by atoms with van der Waals surface area (Å²) in [5.41, 5.74) is 12.3. The van der Waals surface area contributed by atoms with Crippen LogP contribution in [0.5, 0.6) is 0 Å². The average molecular weight is 647 g/mol. The van der Waals surface area contributed by atoms with Crippen LogP contribution >= 0.6 is 0 Å². The average Bonchev–Trinajstić information content (AvgIpc) is 3.98. The number of aliphatic imine (C=N–C) groups is 1. The molecule has 6 nitrogen and oxygen atoms in total. The SMILES string of the molecule is O=C1C=C/C(=C2C3=N/C(=C(/c4ccccc4)c4ccc([nH]4)/C(c4ccccc4)=c4/cc/c([nH]4)=C(\c4ccccc4)c4ccc/2[nH]4)C=C3)C(O)=C1. The minimum absolute atomic E-state index is 0.103. The fraction of sp³-hybridized carbons (Fsp3) is 0. The van der Waals surface area contributed by atoms with Crippen molar-refractivity contribution in [3.63, 3.8) is 0 Å². The molecule has 0 fully saturated rings. The molecule has 50 heavy (non-hydrogen) atoms. The Balaban J connectivity index is 1.42. The molecular formula is C44H30N4O2. The van der Waals surface area contributed by atoms with Crippen molar-refractivity contribution in [2.24, 2.45) is 4.99 Å². The van der Waals surface area contributed by atoms with Crippen molar-refractivity contribution in [3.05, 3.63) is 225 Å².